The van der Waals surface area contributed by atoms with E-state index in [1.807, 2.05) is 24.4 Å². The van der Waals surface area contributed by atoms with Crippen LogP contribution < -0.4 is 5.32 Å². The van der Waals surface area contributed by atoms with Crippen molar-refractivity contribution in [3.05, 3.63) is 40.4 Å². The maximum Gasteiger partial charge on any atom is 0.308 e. The van der Waals surface area contributed by atoms with Gasteiger partial charge in [-0.15, -0.1) is 11.3 Å². The molecule has 7 heteroatoms. The normalized spacial score (nSPS) is 22.8. The molecule has 0 radical (unpaired) electrons. The molecule has 1 aliphatic rings. The number of carbonyl (C=O) groups excluding carboxylic acids is 1. The van der Waals surface area contributed by atoms with E-state index in [2.05, 4.69) is 10.3 Å². The van der Waals surface area contributed by atoms with E-state index in [-0.39, 0.29) is 12.3 Å². The number of carbonyl (C=O) groups is 2. The van der Waals surface area contributed by atoms with Crippen LogP contribution in [0.15, 0.2) is 29.6 Å². The molecule has 1 aromatic heterocycles. The van der Waals surface area contributed by atoms with Gasteiger partial charge >= 0.3 is 5.97 Å². The highest BCUT2D eigenvalue weighted by atomic mass is 35.5. The van der Waals surface area contributed by atoms with Crippen molar-refractivity contribution in [2.24, 2.45) is 5.92 Å². The highest BCUT2D eigenvalue weighted by Crippen LogP contribution is 2.34. The lowest BCUT2D eigenvalue weighted by Gasteiger charge is -2.39. The van der Waals surface area contributed by atoms with Crippen molar-refractivity contribution in [1.82, 2.24) is 10.3 Å². The van der Waals surface area contributed by atoms with Gasteiger partial charge < -0.3 is 10.4 Å². The second kappa shape index (κ2) is 7.76. The fourth-order valence-electron chi connectivity index (χ4n) is 3.52. The lowest BCUT2D eigenvalue weighted by atomic mass is 9.74. The summed E-state index contributed by atoms with van der Waals surface area (Å²) in [5, 5.41) is 15.8. The van der Waals surface area contributed by atoms with Gasteiger partial charge in [-0.05, 0) is 31.9 Å². The van der Waals surface area contributed by atoms with Gasteiger partial charge in [0.1, 0.15) is 5.01 Å². The minimum atomic E-state index is -0.841. The summed E-state index contributed by atoms with van der Waals surface area (Å²) < 4.78 is 0. The van der Waals surface area contributed by atoms with Crippen LogP contribution in [0.2, 0.25) is 5.02 Å². The molecule has 1 amide bonds. The number of carboxylic acids is 1. The standard InChI is InChI=1S/C19H21ClN2O3S/c1-19(9-3-2-4-15(19)18(24)25)22-16(23)10-14-11-26-17(21-14)12-5-7-13(20)8-6-12/h5-8,11,15H,2-4,9-10H2,1H3,(H,22,23)(H,24,25). The Morgan fingerprint density at radius 2 is 2.08 bits per heavy atom. The van der Waals surface area contributed by atoms with Crippen molar-refractivity contribution in [2.45, 2.75) is 44.6 Å². The molecule has 1 aliphatic carbocycles. The van der Waals surface area contributed by atoms with Crippen molar-refractivity contribution >= 4 is 34.8 Å². The van der Waals surface area contributed by atoms with Gasteiger partial charge in [0.15, 0.2) is 0 Å². The van der Waals surface area contributed by atoms with Crippen molar-refractivity contribution in [3.8, 4) is 10.6 Å². The molecule has 26 heavy (non-hydrogen) atoms. The van der Waals surface area contributed by atoms with Gasteiger partial charge in [0.05, 0.1) is 23.6 Å². The molecule has 0 spiro atoms. The Morgan fingerprint density at radius 1 is 1.35 bits per heavy atom. The quantitative estimate of drug-likeness (QED) is 0.800. The Balaban J connectivity index is 1.66. The van der Waals surface area contributed by atoms with Crippen LogP contribution in [0.25, 0.3) is 10.6 Å². The summed E-state index contributed by atoms with van der Waals surface area (Å²) in [4.78, 5) is 28.5. The molecule has 2 aromatic rings. The van der Waals surface area contributed by atoms with Gasteiger partial charge in [-0.25, -0.2) is 4.98 Å². The zero-order valence-corrected chi connectivity index (χ0v) is 16.1. The van der Waals surface area contributed by atoms with E-state index in [0.717, 1.165) is 23.4 Å². The van der Waals surface area contributed by atoms with E-state index in [0.29, 0.717) is 23.6 Å². The van der Waals surface area contributed by atoms with Crippen LogP contribution in [0.3, 0.4) is 0 Å². The molecule has 2 atom stereocenters. The predicted molar refractivity (Wildman–Crippen MR) is 102 cm³/mol. The molecular formula is C19H21ClN2O3S. The third kappa shape index (κ3) is 4.24. The van der Waals surface area contributed by atoms with E-state index in [1.54, 1.807) is 12.1 Å². The van der Waals surface area contributed by atoms with Crippen LogP contribution in [0.4, 0.5) is 0 Å². The number of halogens is 1. The Kier molecular flexibility index (Phi) is 5.63. The maximum atomic E-state index is 12.5. The zero-order valence-electron chi connectivity index (χ0n) is 14.5. The second-order valence-corrected chi connectivity index (χ2v) is 8.22. The summed E-state index contributed by atoms with van der Waals surface area (Å²) in [7, 11) is 0. The van der Waals surface area contributed by atoms with E-state index in [1.165, 1.54) is 11.3 Å². The molecule has 2 unspecified atom stereocenters. The molecule has 1 saturated carbocycles. The van der Waals surface area contributed by atoms with Gasteiger partial charge in [-0.2, -0.15) is 0 Å². The van der Waals surface area contributed by atoms with Crippen LogP contribution in [0.5, 0.6) is 0 Å². The molecule has 3 rings (SSSR count). The largest absolute Gasteiger partial charge is 0.481 e. The minimum absolute atomic E-state index is 0.145. The smallest absolute Gasteiger partial charge is 0.308 e. The van der Waals surface area contributed by atoms with Crippen molar-refractivity contribution < 1.29 is 14.7 Å². The summed E-state index contributed by atoms with van der Waals surface area (Å²) in [5.74, 6) is -1.57. The summed E-state index contributed by atoms with van der Waals surface area (Å²) in [6.07, 6.45) is 3.25. The molecule has 0 saturated heterocycles. The number of nitrogens with one attached hydrogen (secondary N) is 1. The second-order valence-electron chi connectivity index (χ2n) is 6.93. The molecule has 1 aromatic carbocycles. The van der Waals surface area contributed by atoms with Gasteiger partial charge in [-0.1, -0.05) is 36.6 Å². The summed E-state index contributed by atoms with van der Waals surface area (Å²) in [6, 6.07) is 7.40. The van der Waals surface area contributed by atoms with Crippen LogP contribution in [-0.2, 0) is 16.0 Å². The zero-order chi connectivity index (χ0) is 18.7. The number of carboxylic acid groups (broad SMARTS) is 1. The summed E-state index contributed by atoms with van der Waals surface area (Å²) >= 11 is 7.37. The number of aromatic nitrogens is 1. The lowest BCUT2D eigenvalue weighted by molar-refractivity contribution is -0.146. The number of rotatable bonds is 5. The first kappa shape index (κ1) is 18.9. The molecule has 138 valence electrons. The SMILES string of the molecule is CC1(NC(=O)Cc2csc(-c3ccc(Cl)cc3)n2)CCCCC1C(=O)O. The Bertz CT molecular complexity index is 805. The fraction of sp³-hybridized carbons (Fsp3) is 0.421. The Hall–Kier alpha value is -1.92. The van der Waals surface area contributed by atoms with Gasteiger partial charge in [0.2, 0.25) is 5.91 Å². The Labute approximate surface area is 161 Å². The number of thiazole rings is 1. The summed E-state index contributed by atoms with van der Waals surface area (Å²) in [5.41, 5.74) is 0.941. The third-order valence-corrected chi connectivity index (χ3v) is 6.11. The average molecular weight is 393 g/mol. The minimum Gasteiger partial charge on any atom is -0.481 e. The predicted octanol–water partition coefficient (Wildman–Crippen LogP) is 4.16. The van der Waals surface area contributed by atoms with Gasteiger partial charge in [0.25, 0.3) is 0 Å². The van der Waals surface area contributed by atoms with Gasteiger partial charge in [-0.3, -0.25) is 9.59 Å². The highest BCUT2D eigenvalue weighted by molar-refractivity contribution is 7.13. The lowest BCUT2D eigenvalue weighted by Crippen LogP contribution is -2.55. The first-order valence-corrected chi connectivity index (χ1v) is 9.87. The topological polar surface area (TPSA) is 79.3 Å². The van der Waals surface area contributed by atoms with Crippen LogP contribution in [-0.4, -0.2) is 27.5 Å². The third-order valence-electron chi connectivity index (χ3n) is 4.92. The van der Waals surface area contributed by atoms with E-state index in [4.69, 9.17) is 11.6 Å². The number of amides is 1. The number of aliphatic carboxylic acids is 1. The Morgan fingerprint density at radius 3 is 2.77 bits per heavy atom. The summed E-state index contributed by atoms with van der Waals surface area (Å²) in [6.45, 7) is 1.84. The number of nitrogens with zero attached hydrogens (tertiary/aromatic N) is 1. The van der Waals surface area contributed by atoms with E-state index >= 15 is 0 Å². The van der Waals surface area contributed by atoms with Crippen LogP contribution >= 0.6 is 22.9 Å². The van der Waals surface area contributed by atoms with Crippen molar-refractivity contribution in [2.75, 3.05) is 0 Å². The van der Waals surface area contributed by atoms with Crippen LogP contribution in [0.1, 0.15) is 38.3 Å². The molecule has 1 heterocycles. The van der Waals surface area contributed by atoms with E-state index < -0.39 is 17.4 Å². The van der Waals surface area contributed by atoms with Crippen LogP contribution in [0, 0.1) is 5.92 Å². The number of benzene rings is 1. The van der Waals surface area contributed by atoms with E-state index in [9.17, 15) is 14.7 Å². The van der Waals surface area contributed by atoms with Gasteiger partial charge in [0, 0.05) is 16.0 Å². The molecular weight excluding hydrogens is 372 g/mol. The molecule has 5 nitrogen and oxygen atoms in total. The molecule has 0 aliphatic heterocycles. The van der Waals surface area contributed by atoms with Crippen molar-refractivity contribution in [3.63, 3.8) is 0 Å². The first-order valence-electron chi connectivity index (χ1n) is 8.61. The highest BCUT2D eigenvalue weighted by Gasteiger charge is 2.42. The number of hydrogen-bond donors (Lipinski definition) is 2. The molecule has 1 fully saturated rings. The molecule has 2 N–H and O–H groups in total. The fourth-order valence-corrected chi connectivity index (χ4v) is 4.47. The average Bonchev–Trinajstić information content (AvgIpc) is 3.03. The maximum absolute atomic E-state index is 12.5. The first-order chi connectivity index (χ1) is 12.4. The van der Waals surface area contributed by atoms with Crippen molar-refractivity contribution in [1.29, 1.82) is 0 Å². The molecule has 0 bridgehead atoms. The number of hydrogen-bond acceptors (Lipinski definition) is 4. The monoisotopic (exact) mass is 392 g/mol.